The second-order valence-electron chi connectivity index (χ2n) is 9.65. The van der Waals surface area contributed by atoms with Crippen molar-refractivity contribution < 1.29 is 4.74 Å². The second-order valence-corrected chi connectivity index (χ2v) is 10.7. The smallest absolute Gasteiger partial charge is 0.137 e. The van der Waals surface area contributed by atoms with E-state index in [9.17, 15) is 10.2 Å². The van der Waals surface area contributed by atoms with Crippen LogP contribution in [0.15, 0.2) is 76.4 Å². The minimum absolute atomic E-state index is 0.00324. The maximum absolute atomic E-state index is 11.0. The lowest BCUT2D eigenvalue weighted by Gasteiger charge is -2.25. The fourth-order valence-electron chi connectivity index (χ4n) is 5.40. The van der Waals surface area contributed by atoms with Gasteiger partial charge in [-0.25, -0.2) is 4.98 Å². The molecule has 0 radical (unpaired) electrons. The molecule has 4 aliphatic rings. The van der Waals surface area contributed by atoms with Gasteiger partial charge in [-0.2, -0.15) is 10.2 Å². The monoisotopic (exact) mass is 486 g/mol. The average Bonchev–Trinajstić information content (AvgIpc) is 3.55. The van der Waals surface area contributed by atoms with E-state index in [1.54, 1.807) is 11.3 Å². The molecule has 35 heavy (non-hydrogen) atoms. The van der Waals surface area contributed by atoms with Crippen LogP contribution in [0.2, 0.25) is 0 Å². The molecule has 0 spiro atoms. The Bertz CT molecular complexity index is 1220. The molecule has 1 saturated carbocycles. The first kappa shape index (κ1) is 23.7. The molecule has 0 amide bonds. The van der Waals surface area contributed by atoms with E-state index < -0.39 is 0 Å². The van der Waals surface area contributed by atoms with Crippen LogP contribution in [-0.4, -0.2) is 41.2 Å². The van der Waals surface area contributed by atoms with Crippen molar-refractivity contribution in [1.82, 2.24) is 9.88 Å². The van der Waals surface area contributed by atoms with Crippen LogP contribution in [0, 0.1) is 16.2 Å². The van der Waals surface area contributed by atoms with E-state index in [1.807, 2.05) is 38.3 Å². The van der Waals surface area contributed by atoms with Crippen LogP contribution in [0.5, 0.6) is 0 Å². The second kappa shape index (κ2) is 10.3. The van der Waals surface area contributed by atoms with Crippen molar-refractivity contribution >= 4 is 16.9 Å². The van der Waals surface area contributed by atoms with E-state index in [0.29, 0.717) is 17.4 Å². The highest BCUT2D eigenvalue weighted by atomic mass is 32.1. The summed E-state index contributed by atoms with van der Waals surface area (Å²) >= 11 is 1.69. The first-order valence-corrected chi connectivity index (χ1v) is 13.2. The van der Waals surface area contributed by atoms with Crippen LogP contribution in [-0.2, 0) is 4.74 Å². The summed E-state index contributed by atoms with van der Waals surface area (Å²) < 4.78 is 5.84. The van der Waals surface area contributed by atoms with Crippen LogP contribution < -0.4 is 0 Å². The number of nitrogens with zero attached hydrogens (tertiary/aromatic N) is 4. The van der Waals surface area contributed by atoms with Gasteiger partial charge in [0.25, 0.3) is 0 Å². The molecule has 180 valence electrons. The maximum Gasteiger partial charge on any atom is 0.137 e. The van der Waals surface area contributed by atoms with Gasteiger partial charge >= 0.3 is 0 Å². The lowest BCUT2D eigenvalue weighted by Crippen LogP contribution is -2.33. The van der Waals surface area contributed by atoms with Gasteiger partial charge in [0.2, 0.25) is 0 Å². The molecule has 6 nitrogen and oxygen atoms in total. The first-order valence-electron chi connectivity index (χ1n) is 12.4. The highest BCUT2D eigenvalue weighted by Gasteiger charge is 2.36. The minimum atomic E-state index is -0.0732. The maximum atomic E-state index is 11.0. The predicted octanol–water partition coefficient (Wildman–Crippen LogP) is 6.20. The van der Waals surface area contributed by atoms with Gasteiger partial charge in [0, 0.05) is 31.2 Å². The van der Waals surface area contributed by atoms with Crippen LogP contribution in [0.4, 0.5) is 0 Å². The van der Waals surface area contributed by atoms with Crippen molar-refractivity contribution in [2.75, 3.05) is 13.1 Å². The number of allylic oxidation sites excluding steroid dienone is 9. The molecule has 1 aromatic heterocycles. The Morgan fingerprint density at radius 1 is 1.34 bits per heavy atom. The Morgan fingerprint density at radius 2 is 2.23 bits per heavy atom. The standard InChI is InChI=1S/C28H30N4O2S/c1-18(2)34-26-9-5-6-19(14-20(26)15-29)28-30-16-27(35-28)24-8-4-3-7-23-22(24)10-11-25(23)32-13-12-21(17-32)31-33/h4-9,14,16,18-19,21,25H,3,10-13,17H2,1-2H3. The summed E-state index contributed by atoms with van der Waals surface area (Å²) in [5, 5.41) is 14.0. The Balaban J connectivity index is 1.41. The number of ether oxygens (including phenoxy) is 1. The Labute approximate surface area is 210 Å². The number of nitriles is 1. The number of likely N-dealkylation sites (tertiary alicyclic amines) is 1. The number of hydrogen-bond acceptors (Lipinski definition) is 7. The highest BCUT2D eigenvalue weighted by molar-refractivity contribution is 7.13. The van der Waals surface area contributed by atoms with Gasteiger partial charge < -0.3 is 4.74 Å². The Hall–Kier alpha value is -3.08. The summed E-state index contributed by atoms with van der Waals surface area (Å²) in [5.41, 5.74) is 4.61. The van der Waals surface area contributed by atoms with Crippen LogP contribution in [0.25, 0.3) is 5.57 Å². The van der Waals surface area contributed by atoms with Gasteiger partial charge in [0.1, 0.15) is 22.9 Å². The lowest BCUT2D eigenvalue weighted by atomic mass is 10.0. The first-order chi connectivity index (χ1) is 17.1. The molecule has 5 rings (SSSR count). The summed E-state index contributed by atoms with van der Waals surface area (Å²) in [5.74, 6) is 0.535. The molecule has 3 aliphatic carbocycles. The summed E-state index contributed by atoms with van der Waals surface area (Å²) in [4.78, 5) is 19.4. The molecule has 2 heterocycles. The quantitative estimate of drug-likeness (QED) is 0.448. The number of rotatable bonds is 6. The SMILES string of the molecule is CC(C)OC1=CC=CC(c2ncc(C3=C4CCC(N5CCC(N=O)C5)C4=CCC=C3)s2)C=C1C#N. The zero-order chi connectivity index (χ0) is 24.4. The zero-order valence-electron chi connectivity index (χ0n) is 20.2. The normalized spacial score (nSPS) is 26.6. The van der Waals surface area contributed by atoms with Crippen molar-refractivity contribution in [3.8, 4) is 6.07 Å². The molecule has 3 unspecified atom stereocenters. The van der Waals surface area contributed by atoms with Crippen molar-refractivity contribution in [1.29, 1.82) is 5.26 Å². The molecule has 2 fully saturated rings. The van der Waals surface area contributed by atoms with Crippen molar-refractivity contribution in [3.63, 3.8) is 0 Å². The molecule has 0 bridgehead atoms. The van der Waals surface area contributed by atoms with E-state index in [-0.39, 0.29) is 18.1 Å². The van der Waals surface area contributed by atoms with E-state index in [4.69, 9.17) is 9.72 Å². The molecule has 7 heteroatoms. The van der Waals surface area contributed by atoms with Gasteiger partial charge in [-0.1, -0.05) is 35.6 Å². The van der Waals surface area contributed by atoms with Crippen LogP contribution in [0.3, 0.4) is 0 Å². The van der Waals surface area contributed by atoms with Crippen LogP contribution in [0.1, 0.15) is 55.3 Å². The highest BCUT2D eigenvalue weighted by Crippen LogP contribution is 2.43. The largest absolute Gasteiger partial charge is 0.490 e. The third-order valence-electron chi connectivity index (χ3n) is 6.98. The summed E-state index contributed by atoms with van der Waals surface area (Å²) in [6, 6.07) is 2.59. The van der Waals surface area contributed by atoms with E-state index in [1.165, 1.54) is 16.7 Å². The fraction of sp³-hybridized carbons (Fsp3) is 0.429. The number of hydrogen-bond donors (Lipinski definition) is 0. The zero-order valence-corrected chi connectivity index (χ0v) is 21.0. The molecular formula is C28H30N4O2S. The van der Waals surface area contributed by atoms with Gasteiger partial charge in [-0.3, -0.25) is 4.90 Å². The van der Waals surface area contributed by atoms with Gasteiger partial charge in [-0.15, -0.1) is 11.3 Å². The topological polar surface area (TPSA) is 78.6 Å². The molecule has 3 atom stereocenters. The van der Waals surface area contributed by atoms with E-state index in [2.05, 4.69) is 40.5 Å². The Kier molecular flexibility index (Phi) is 6.94. The minimum Gasteiger partial charge on any atom is -0.490 e. The molecule has 0 aromatic carbocycles. The molecule has 1 aromatic rings. The lowest BCUT2D eigenvalue weighted by molar-refractivity contribution is 0.155. The number of aromatic nitrogens is 1. The Morgan fingerprint density at radius 3 is 3.00 bits per heavy atom. The number of fused-ring (bicyclic) bond motifs is 1. The molecule has 1 aliphatic heterocycles. The molecule has 1 saturated heterocycles. The summed E-state index contributed by atoms with van der Waals surface area (Å²) in [6.07, 6.45) is 20.5. The predicted molar refractivity (Wildman–Crippen MR) is 140 cm³/mol. The van der Waals surface area contributed by atoms with Gasteiger partial charge in [0.05, 0.1) is 16.6 Å². The average molecular weight is 487 g/mol. The third-order valence-corrected chi connectivity index (χ3v) is 8.11. The van der Waals surface area contributed by atoms with E-state index >= 15 is 0 Å². The van der Waals surface area contributed by atoms with Crippen molar-refractivity contribution in [2.24, 2.45) is 5.18 Å². The summed E-state index contributed by atoms with van der Waals surface area (Å²) in [7, 11) is 0. The van der Waals surface area contributed by atoms with E-state index in [0.717, 1.165) is 48.7 Å². The number of thiazole rings is 1. The third kappa shape index (κ3) is 4.86. The fourth-order valence-corrected chi connectivity index (χ4v) is 6.42. The number of nitroso groups, excluding NO2 is 1. The van der Waals surface area contributed by atoms with Crippen molar-refractivity contribution in [2.45, 2.75) is 63.6 Å². The van der Waals surface area contributed by atoms with Gasteiger partial charge in [0.15, 0.2) is 0 Å². The summed E-state index contributed by atoms with van der Waals surface area (Å²) in [6.45, 7) is 5.63. The van der Waals surface area contributed by atoms with Crippen molar-refractivity contribution in [3.05, 3.63) is 86.0 Å². The molecule has 0 N–H and O–H groups in total. The van der Waals surface area contributed by atoms with Crippen LogP contribution >= 0.6 is 11.3 Å². The van der Waals surface area contributed by atoms with Gasteiger partial charge in [-0.05, 0) is 68.4 Å². The molecular weight excluding hydrogens is 456 g/mol.